The molecular weight excluding hydrogens is 314 g/mol. The van der Waals surface area contributed by atoms with Gasteiger partial charge in [0.2, 0.25) is 0 Å². The molecule has 5 heteroatoms. The van der Waals surface area contributed by atoms with E-state index in [1.807, 2.05) is 24.8 Å². The van der Waals surface area contributed by atoms with Gasteiger partial charge in [-0.25, -0.2) is 0 Å². The van der Waals surface area contributed by atoms with Gasteiger partial charge in [0.25, 0.3) is 5.91 Å². The zero-order valence-corrected chi connectivity index (χ0v) is 13.3. The standard InChI is InChI=1S/C13H18BrNO2S/c1-4-11-10(14)5-12(18-11)13(16)15-6-8(2)17-9(3)7-15/h5,8-9H,4,6-7H2,1-3H3. The second-order valence-electron chi connectivity index (χ2n) is 4.70. The van der Waals surface area contributed by atoms with Crippen molar-refractivity contribution in [1.29, 1.82) is 0 Å². The monoisotopic (exact) mass is 331 g/mol. The number of amides is 1. The first-order valence-corrected chi connectivity index (χ1v) is 7.85. The van der Waals surface area contributed by atoms with Crippen molar-refractivity contribution in [3.63, 3.8) is 0 Å². The van der Waals surface area contributed by atoms with Crippen LogP contribution in [-0.4, -0.2) is 36.1 Å². The molecule has 2 rings (SSSR count). The summed E-state index contributed by atoms with van der Waals surface area (Å²) in [6.07, 6.45) is 1.19. The Labute approximate surface area is 120 Å². The van der Waals surface area contributed by atoms with Gasteiger partial charge in [-0.3, -0.25) is 4.79 Å². The van der Waals surface area contributed by atoms with Crippen LogP contribution in [0.2, 0.25) is 0 Å². The molecule has 1 aromatic heterocycles. The fourth-order valence-electron chi connectivity index (χ4n) is 2.25. The molecule has 0 aliphatic carbocycles. The van der Waals surface area contributed by atoms with Crippen LogP contribution in [0.3, 0.4) is 0 Å². The third kappa shape index (κ3) is 2.95. The highest BCUT2D eigenvalue weighted by molar-refractivity contribution is 9.10. The number of aryl methyl sites for hydroxylation is 1. The molecule has 1 aromatic rings. The first-order valence-electron chi connectivity index (χ1n) is 6.24. The topological polar surface area (TPSA) is 29.5 Å². The Morgan fingerprint density at radius 1 is 1.50 bits per heavy atom. The van der Waals surface area contributed by atoms with Crippen molar-refractivity contribution in [1.82, 2.24) is 4.90 Å². The van der Waals surface area contributed by atoms with E-state index in [4.69, 9.17) is 4.74 Å². The number of carbonyl (C=O) groups is 1. The molecule has 0 aromatic carbocycles. The summed E-state index contributed by atoms with van der Waals surface area (Å²) in [4.78, 5) is 16.4. The zero-order chi connectivity index (χ0) is 13.3. The van der Waals surface area contributed by atoms with Crippen LogP contribution in [0.1, 0.15) is 35.3 Å². The van der Waals surface area contributed by atoms with Gasteiger partial charge in [-0.2, -0.15) is 0 Å². The number of rotatable bonds is 2. The molecule has 1 aliphatic rings. The van der Waals surface area contributed by atoms with Crippen LogP contribution in [0.15, 0.2) is 10.5 Å². The van der Waals surface area contributed by atoms with E-state index in [-0.39, 0.29) is 18.1 Å². The van der Waals surface area contributed by atoms with Crippen molar-refractivity contribution in [3.8, 4) is 0 Å². The summed E-state index contributed by atoms with van der Waals surface area (Å²) < 4.78 is 6.70. The van der Waals surface area contributed by atoms with E-state index in [0.29, 0.717) is 13.1 Å². The van der Waals surface area contributed by atoms with Crippen LogP contribution in [0.5, 0.6) is 0 Å². The molecule has 1 fully saturated rings. The molecule has 1 aliphatic heterocycles. The minimum atomic E-state index is 0.117. The predicted octanol–water partition coefficient (Wildman–Crippen LogP) is 3.32. The number of hydrogen-bond donors (Lipinski definition) is 0. The highest BCUT2D eigenvalue weighted by atomic mass is 79.9. The summed E-state index contributed by atoms with van der Waals surface area (Å²) in [6, 6.07) is 1.94. The van der Waals surface area contributed by atoms with E-state index in [1.54, 1.807) is 11.3 Å². The maximum atomic E-state index is 12.4. The van der Waals surface area contributed by atoms with Crippen LogP contribution in [0.25, 0.3) is 0 Å². The van der Waals surface area contributed by atoms with Crippen LogP contribution < -0.4 is 0 Å². The number of carbonyl (C=O) groups excluding carboxylic acids is 1. The molecule has 100 valence electrons. The molecule has 0 saturated carbocycles. The molecule has 0 spiro atoms. The molecule has 1 amide bonds. The van der Waals surface area contributed by atoms with Crippen molar-refractivity contribution >= 4 is 33.2 Å². The number of thiophene rings is 1. The largest absolute Gasteiger partial charge is 0.372 e. The molecule has 1 saturated heterocycles. The van der Waals surface area contributed by atoms with E-state index < -0.39 is 0 Å². The molecule has 0 N–H and O–H groups in total. The van der Waals surface area contributed by atoms with Crippen LogP contribution in [0.4, 0.5) is 0 Å². The summed E-state index contributed by atoms with van der Waals surface area (Å²) in [5.41, 5.74) is 0. The van der Waals surface area contributed by atoms with Gasteiger partial charge >= 0.3 is 0 Å². The SMILES string of the molecule is CCc1sc(C(=O)N2CC(C)OC(C)C2)cc1Br. The van der Waals surface area contributed by atoms with Gasteiger partial charge in [0, 0.05) is 22.4 Å². The lowest BCUT2D eigenvalue weighted by molar-refractivity contribution is -0.0585. The zero-order valence-electron chi connectivity index (χ0n) is 10.9. The summed E-state index contributed by atoms with van der Waals surface area (Å²) >= 11 is 5.09. The molecular formula is C13H18BrNO2S. The summed E-state index contributed by atoms with van der Waals surface area (Å²) in [5, 5.41) is 0. The minimum absolute atomic E-state index is 0.117. The summed E-state index contributed by atoms with van der Waals surface area (Å²) in [6.45, 7) is 7.49. The van der Waals surface area contributed by atoms with Crippen molar-refractivity contribution in [2.45, 2.75) is 39.4 Å². The van der Waals surface area contributed by atoms with Crippen LogP contribution >= 0.6 is 27.3 Å². The number of nitrogens with zero attached hydrogens (tertiary/aromatic N) is 1. The van der Waals surface area contributed by atoms with E-state index >= 15 is 0 Å². The van der Waals surface area contributed by atoms with Crippen LogP contribution in [0, 0.1) is 0 Å². The molecule has 0 radical (unpaired) electrons. The fraction of sp³-hybridized carbons (Fsp3) is 0.615. The Hall–Kier alpha value is -0.390. The quantitative estimate of drug-likeness (QED) is 0.831. The highest BCUT2D eigenvalue weighted by Crippen LogP contribution is 2.29. The average Bonchev–Trinajstić information content (AvgIpc) is 2.68. The Morgan fingerprint density at radius 2 is 2.11 bits per heavy atom. The van der Waals surface area contributed by atoms with Crippen LogP contribution in [-0.2, 0) is 11.2 Å². The second-order valence-corrected chi connectivity index (χ2v) is 6.69. The predicted molar refractivity (Wildman–Crippen MR) is 77.3 cm³/mol. The van der Waals surface area contributed by atoms with Gasteiger partial charge in [0.05, 0.1) is 17.1 Å². The Morgan fingerprint density at radius 3 is 2.61 bits per heavy atom. The first kappa shape index (κ1) is 14.0. The van der Waals surface area contributed by atoms with Crippen molar-refractivity contribution in [3.05, 3.63) is 20.3 Å². The maximum absolute atomic E-state index is 12.4. The molecule has 2 heterocycles. The van der Waals surface area contributed by atoms with E-state index in [0.717, 1.165) is 15.8 Å². The normalized spacial score (nSPS) is 24.3. The van der Waals surface area contributed by atoms with Gasteiger partial charge in [0.1, 0.15) is 0 Å². The van der Waals surface area contributed by atoms with Gasteiger partial charge in [0.15, 0.2) is 0 Å². The Kier molecular flexibility index (Phi) is 4.45. The molecule has 2 atom stereocenters. The van der Waals surface area contributed by atoms with Crippen molar-refractivity contribution in [2.75, 3.05) is 13.1 Å². The molecule has 18 heavy (non-hydrogen) atoms. The third-order valence-electron chi connectivity index (χ3n) is 3.00. The van der Waals surface area contributed by atoms with Gasteiger partial charge in [-0.15, -0.1) is 11.3 Å². The number of halogens is 1. The lowest BCUT2D eigenvalue weighted by Crippen LogP contribution is -2.48. The first-order chi connectivity index (χ1) is 8.51. The average molecular weight is 332 g/mol. The third-order valence-corrected chi connectivity index (χ3v) is 5.23. The molecule has 2 unspecified atom stereocenters. The number of morpholine rings is 1. The van der Waals surface area contributed by atoms with Gasteiger partial charge in [-0.05, 0) is 42.3 Å². The lowest BCUT2D eigenvalue weighted by atomic mass is 10.2. The van der Waals surface area contributed by atoms with Gasteiger partial charge in [-0.1, -0.05) is 6.92 Å². The maximum Gasteiger partial charge on any atom is 0.264 e. The minimum Gasteiger partial charge on any atom is -0.372 e. The molecule has 0 bridgehead atoms. The van der Waals surface area contributed by atoms with Gasteiger partial charge < -0.3 is 9.64 Å². The number of ether oxygens (including phenoxy) is 1. The van der Waals surface area contributed by atoms with E-state index in [9.17, 15) is 4.79 Å². The Bertz CT molecular complexity index is 436. The summed E-state index contributed by atoms with van der Waals surface area (Å²) in [5.74, 6) is 0.127. The molecule has 3 nitrogen and oxygen atoms in total. The Balaban J connectivity index is 2.14. The lowest BCUT2D eigenvalue weighted by Gasteiger charge is -2.35. The summed E-state index contributed by atoms with van der Waals surface area (Å²) in [7, 11) is 0. The van der Waals surface area contributed by atoms with E-state index in [2.05, 4.69) is 22.9 Å². The second kappa shape index (κ2) is 5.72. The fourth-order valence-corrected chi connectivity index (χ4v) is 4.12. The van der Waals surface area contributed by atoms with E-state index in [1.165, 1.54) is 4.88 Å². The smallest absolute Gasteiger partial charge is 0.264 e. The number of hydrogen-bond acceptors (Lipinski definition) is 3. The highest BCUT2D eigenvalue weighted by Gasteiger charge is 2.27. The van der Waals surface area contributed by atoms with Crippen molar-refractivity contribution < 1.29 is 9.53 Å². The van der Waals surface area contributed by atoms with Crippen molar-refractivity contribution in [2.24, 2.45) is 0 Å².